The van der Waals surface area contributed by atoms with Gasteiger partial charge < -0.3 is 9.72 Å². The lowest BCUT2D eigenvalue weighted by Crippen LogP contribution is -2.06. The van der Waals surface area contributed by atoms with Crippen molar-refractivity contribution in [3.05, 3.63) is 71.9 Å². The largest absolute Gasteiger partial charge is 0.461 e. The summed E-state index contributed by atoms with van der Waals surface area (Å²) >= 11 is 0. The molecule has 1 N–H and O–H groups in total. The number of H-pyrrole nitrogens is 1. The van der Waals surface area contributed by atoms with Gasteiger partial charge in [-0.25, -0.2) is 0 Å². The van der Waals surface area contributed by atoms with Crippen LogP contribution in [0.3, 0.4) is 0 Å². The van der Waals surface area contributed by atoms with Crippen molar-refractivity contribution in [3.8, 4) is 0 Å². The van der Waals surface area contributed by atoms with Gasteiger partial charge in [0.05, 0.1) is 0 Å². The highest BCUT2D eigenvalue weighted by molar-refractivity contribution is 5.84. The lowest BCUT2D eigenvalue weighted by atomic mass is 10.0. The van der Waals surface area contributed by atoms with E-state index in [-0.39, 0.29) is 11.9 Å². The smallest absolute Gasteiger partial charge is 0.306 e. The zero-order chi connectivity index (χ0) is 20.8. The molecule has 0 aliphatic heterocycles. The molecule has 3 aromatic rings. The summed E-state index contributed by atoms with van der Waals surface area (Å²) in [6.07, 6.45) is 7.67. The van der Waals surface area contributed by atoms with E-state index in [9.17, 15) is 9.59 Å². The third-order valence-electron chi connectivity index (χ3n) is 6.09. The van der Waals surface area contributed by atoms with Crippen LogP contribution < -0.4 is 0 Å². The minimum atomic E-state index is -0.186. The number of esters is 1. The molecule has 2 unspecified atom stereocenters. The van der Waals surface area contributed by atoms with Gasteiger partial charge in [-0.1, -0.05) is 48.5 Å². The number of aromatic nitrogens is 1. The second-order valence-corrected chi connectivity index (χ2v) is 8.32. The highest BCUT2D eigenvalue weighted by Gasteiger charge is 2.41. The zero-order valence-electron chi connectivity index (χ0n) is 17.3. The van der Waals surface area contributed by atoms with E-state index in [1.54, 1.807) is 0 Å². The van der Waals surface area contributed by atoms with Crippen molar-refractivity contribution in [3.63, 3.8) is 0 Å². The first kappa shape index (κ1) is 20.4. The lowest BCUT2D eigenvalue weighted by Gasteiger charge is -2.05. The molecule has 2 atom stereocenters. The molecule has 4 nitrogen and oxygen atoms in total. The van der Waals surface area contributed by atoms with Crippen LogP contribution in [0.1, 0.15) is 49.7 Å². The van der Waals surface area contributed by atoms with E-state index in [0.29, 0.717) is 37.6 Å². The Bertz CT molecular complexity index is 992. The number of unbranched alkanes of at least 4 members (excludes halogenated alkanes) is 1. The van der Waals surface area contributed by atoms with Crippen LogP contribution in [0.4, 0.5) is 0 Å². The average molecular weight is 404 g/mol. The summed E-state index contributed by atoms with van der Waals surface area (Å²) < 4.78 is 5.28. The monoisotopic (exact) mass is 403 g/mol. The molecule has 1 heterocycles. The number of hydrogen-bond acceptors (Lipinski definition) is 3. The predicted octanol–water partition coefficient (Wildman–Crippen LogP) is 5.61. The molecule has 0 saturated heterocycles. The maximum Gasteiger partial charge on any atom is 0.306 e. The third kappa shape index (κ3) is 5.38. The first-order valence-corrected chi connectivity index (χ1v) is 11.0. The summed E-state index contributed by atoms with van der Waals surface area (Å²) in [6, 6.07) is 18.0. The van der Waals surface area contributed by atoms with Crippen molar-refractivity contribution in [2.24, 2.45) is 11.8 Å². The first-order chi connectivity index (χ1) is 14.7. The van der Waals surface area contributed by atoms with Crippen LogP contribution in [0.2, 0.25) is 0 Å². The topological polar surface area (TPSA) is 59.2 Å². The number of para-hydroxylation sites is 1. The summed E-state index contributed by atoms with van der Waals surface area (Å²) in [7, 11) is 0. The molecular weight excluding hydrogens is 374 g/mol. The number of carbonyl (C=O) groups excluding carboxylic acids is 2. The molecule has 2 aromatic carbocycles. The Morgan fingerprint density at radius 1 is 0.967 bits per heavy atom. The molecule has 1 aliphatic rings. The molecule has 30 heavy (non-hydrogen) atoms. The maximum absolute atomic E-state index is 12.4. The summed E-state index contributed by atoms with van der Waals surface area (Å²) in [5.41, 5.74) is 3.52. The van der Waals surface area contributed by atoms with E-state index in [4.69, 9.17) is 4.74 Å². The SMILES string of the molecule is O=C(CCCCC(=O)C1CC1CCc1c[nH]c2ccccc12)OCc1ccccc1. The van der Waals surface area contributed by atoms with Crippen LogP contribution in [0.5, 0.6) is 0 Å². The molecule has 1 saturated carbocycles. The molecule has 0 spiro atoms. The lowest BCUT2D eigenvalue weighted by molar-refractivity contribution is -0.145. The summed E-state index contributed by atoms with van der Waals surface area (Å²) in [5, 5.41) is 1.29. The molecule has 1 aromatic heterocycles. The van der Waals surface area contributed by atoms with Crippen molar-refractivity contribution in [1.82, 2.24) is 4.98 Å². The Hall–Kier alpha value is -2.88. The minimum absolute atomic E-state index is 0.186. The minimum Gasteiger partial charge on any atom is -0.461 e. The van der Waals surface area contributed by atoms with Crippen LogP contribution in [0.25, 0.3) is 10.9 Å². The van der Waals surface area contributed by atoms with Crippen LogP contribution >= 0.6 is 0 Å². The second-order valence-electron chi connectivity index (χ2n) is 8.32. The van der Waals surface area contributed by atoms with Gasteiger partial charge in [0.15, 0.2) is 0 Å². The van der Waals surface area contributed by atoms with Gasteiger partial charge in [-0.3, -0.25) is 9.59 Å². The van der Waals surface area contributed by atoms with Crippen LogP contribution in [0.15, 0.2) is 60.8 Å². The number of Topliss-reactive ketones (excluding diaryl/α,β-unsaturated/α-hetero) is 1. The van der Waals surface area contributed by atoms with E-state index >= 15 is 0 Å². The van der Waals surface area contributed by atoms with Crippen molar-refractivity contribution < 1.29 is 14.3 Å². The highest BCUT2D eigenvalue weighted by Crippen LogP contribution is 2.43. The zero-order valence-corrected chi connectivity index (χ0v) is 17.3. The fraction of sp³-hybridized carbons (Fsp3) is 0.385. The van der Waals surface area contributed by atoms with Crippen molar-refractivity contribution in [2.75, 3.05) is 0 Å². The Kier molecular flexibility index (Phi) is 6.63. The molecule has 1 aliphatic carbocycles. The summed E-state index contributed by atoms with van der Waals surface area (Å²) in [4.78, 5) is 27.6. The van der Waals surface area contributed by atoms with Crippen molar-refractivity contribution in [2.45, 2.75) is 51.6 Å². The predicted molar refractivity (Wildman–Crippen MR) is 118 cm³/mol. The van der Waals surface area contributed by atoms with E-state index < -0.39 is 0 Å². The number of ketones is 1. The Morgan fingerprint density at radius 3 is 2.60 bits per heavy atom. The first-order valence-electron chi connectivity index (χ1n) is 11.0. The van der Waals surface area contributed by atoms with Crippen LogP contribution in [0, 0.1) is 11.8 Å². The van der Waals surface area contributed by atoms with E-state index in [1.807, 2.05) is 36.4 Å². The van der Waals surface area contributed by atoms with Gasteiger partial charge in [-0.05, 0) is 55.2 Å². The fourth-order valence-corrected chi connectivity index (χ4v) is 4.20. The molecule has 0 amide bonds. The fourth-order valence-electron chi connectivity index (χ4n) is 4.20. The van der Waals surface area contributed by atoms with Gasteiger partial charge in [0.25, 0.3) is 0 Å². The quantitative estimate of drug-likeness (QED) is 0.334. The molecule has 0 radical (unpaired) electrons. The third-order valence-corrected chi connectivity index (χ3v) is 6.09. The van der Waals surface area contributed by atoms with Gasteiger partial charge in [0.1, 0.15) is 12.4 Å². The van der Waals surface area contributed by atoms with Crippen molar-refractivity contribution >= 4 is 22.7 Å². The van der Waals surface area contributed by atoms with E-state index in [0.717, 1.165) is 31.2 Å². The number of rotatable bonds is 11. The normalized spacial score (nSPS) is 17.7. The standard InChI is InChI=1S/C26H29NO3/c28-25(12-6-7-13-26(29)30-18-19-8-2-1-3-9-19)23-16-20(23)14-15-21-17-27-24-11-5-4-10-22(21)24/h1-5,8-11,17,20,23,27H,6-7,12-16,18H2. The number of fused-ring (bicyclic) bond motifs is 1. The van der Waals surface area contributed by atoms with Gasteiger partial charge in [0, 0.05) is 35.9 Å². The highest BCUT2D eigenvalue weighted by atomic mass is 16.5. The van der Waals surface area contributed by atoms with Gasteiger partial charge in [-0.15, -0.1) is 0 Å². The molecule has 4 heteroatoms. The van der Waals surface area contributed by atoms with Gasteiger partial charge >= 0.3 is 5.97 Å². The Morgan fingerprint density at radius 2 is 1.73 bits per heavy atom. The number of carbonyl (C=O) groups is 2. The summed E-state index contributed by atoms with van der Waals surface area (Å²) in [6.45, 7) is 0.318. The maximum atomic E-state index is 12.4. The number of nitrogens with one attached hydrogen (secondary N) is 1. The summed E-state index contributed by atoms with van der Waals surface area (Å²) in [5.74, 6) is 0.952. The Labute approximate surface area is 177 Å². The Balaban J connectivity index is 1.09. The van der Waals surface area contributed by atoms with Crippen molar-refractivity contribution in [1.29, 1.82) is 0 Å². The number of benzene rings is 2. The van der Waals surface area contributed by atoms with Gasteiger partial charge in [0.2, 0.25) is 0 Å². The molecule has 0 bridgehead atoms. The van der Waals surface area contributed by atoms with Crippen LogP contribution in [-0.4, -0.2) is 16.7 Å². The number of aromatic amines is 1. The van der Waals surface area contributed by atoms with E-state index in [1.165, 1.54) is 16.5 Å². The molecular formula is C26H29NO3. The second kappa shape index (κ2) is 9.75. The average Bonchev–Trinajstić information content (AvgIpc) is 3.45. The number of aryl methyl sites for hydroxylation is 1. The molecule has 4 rings (SSSR count). The molecule has 156 valence electrons. The van der Waals surface area contributed by atoms with Crippen LogP contribution in [-0.2, 0) is 27.4 Å². The molecule has 1 fully saturated rings. The number of ether oxygens (including phenoxy) is 1. The van der Waals surface area contributed by atoms with Gasteiger partial charge in [-0.2, -0.15) is 0 Å². The number of hydrogen-bond donors (Lipinski definition) is 1. The van der Waals surface area contributed by atoms with E-state index in [2.05, 4.69) is 29.4 Å².